The summed E-state index contributed by atoms with van der Waals surface area (Å²) in [5.74, 6) is 1.62. The third-order valence-corrected chi connectivity index (χ3v) is 2.38. The average Bonchev–Trinajstić information content (AvgIpc) is 2.47. The number of hydrogen-bond acceptors (Lipinski definition) is 2. The van der Waals surface area contributed by atoms with Crippen LogP contribution in [0.5, 0.6) is 11.5 Å². The molecule has 0 spiro atoms. The van der Waals surface area contributed by atoms with Crippen molar-refractivity contribution in [3.8, 4) is 11.5 Å². The van der Waals surface area contributed by atoms with E-state index in [1.54, 1.807) is 0 Å². The molecule has 0 radical (unpaired) electrons. The van der Waals surface area contributed by atoms with Gasteiger partial charge in [-0.1, -0.05) is 42.5 Å². The highest BCUT2D eigenvalue weighted by Gasteiger charge is 1.96. The highest BCUT2D eigenvalue weighted by Crippen LogP contribution is 2.19. The van der Waals surface area contributed by atoms with Gasteiger partial charge in [0.2, 0.25) is 0 Å². The van der Waals surface area contributed by atoms with Crippen molar-refractivity contribution in [1.82, 2.24) is 0 Å². The summed E-state index contributed by atoms with van der Waals surface area (Å²) in [5.41, 5.74) is 0. The Morgan fingerprint density at radius 1 is 0.800 bits per heavy atom. The third kappa shape index (κ3) is 7.27. The van der Waals surface area contributed by atoms with E-state index in [0.29, 0.717) is 13.2 Å². The molecule has 1 rings (SSSR count). The van der Waals surface area contributed by atoms with Gasteiger partial charge >= 0.3 is 0 Å². The van der Waals surface area contributed by atoms with E-state index in [0.717, 1.165) is 11.5 Å². The van der Waals surface area contributed by atoms with Crippen LogP contribution in [0.15, 0.2) is 72.9 Å². The highest BCUT2D eigenvalue weighted by molar-refractivity contribution is 5.33. The molecule has 0 atom stereocenters. The lowest BCUT2D eigenvalue weighted by Gasteiger charge is -2.06. The van der Waals surface area contributed by atoms with Crippen molar-refractivity contribution in [1.29, 1.82) is 0 Å². The van der Waals surface area contributed by atoms with E-state index in [2.05, 4.69) is 0 Å². The van der Waals surface area contributed by atoms with E-state index in [4.69, 9.17) is 9.47 Å². The normalized spacial score (nSPS) is 12.1. The molecule has 0 N–H and O–H groups in total. The second-order valence-electron chi connectivity index (χ2n) is 4.00. The van der Waals surface area contributed by atoms with Crippen LogP contribution >= 0.6 is 0 Å². The fourth-order valence-electron chi connectivity index (χ4n) is 1.43. The van der Waals surface area contributed by atoms with Gasteiger partial charge in [0.1, 0.15) is 24.7 Å². The lowest BCUT2D eigenvalue weighted by atomic mass is 10.3. The Labute approximate surface area is 121 Å². The molecule has 1 aromatic rings. The van der Waals surface area contributed by atoms with Gasteiger partial charge in [-0.25, -0.2) is 0 Å². The molecular weight excluding hydrogens is 248 g/mol. The molecule has 0 saturated carbocycles. The maximum absolute atomic E-state index is 5.61. The fraction of sp³-hybridized carbons (Fsp3) is 0.222. The fourth-order valence-corrected chi connectivity index (χ4v) is 1.43. The molecule has 106 valence electrons. The Morgan fingerprint density at radius 3 is 1.75 bits per heavy atom. The van der Waals surface area contributed by atoms with Crippen molar-refractivity contribution in [3.63, 3.8) is 0 Å². The van der Waals surface area contributed by atoms with Gasteiger partial charge < -0.3 is 9.47 Å². The Balaban J connectivity index is 2.40. The minimum Gasteiger partial charge on any atom is -0.489 e. The smallest absolute Gasteiger partial charge is 0.123 e. The zero-order valence-electron chi connectivity index (χ0n) is 12.2. The monoisotopic (exact) mass is 270 g/mol. The molecule has 2 heteroatoms. The van der Waals surface area contributed by atoms with Crippen LogP contribution < -0.4 is 9.47 Å². The molecule has 0 saturated heterocycles. The lowest BCUT2D eigenvalue weighted by Crippen LogP contribution is -1.96. The molecule has 1 aromatic carbocycles. The van der Waals surface area contributed by atoms with E-state index in [-0.39, 0.29) is 0 Å². The Morgan fingerprint density at radius 2 is 1.30 bits per heavy atom. The molecule has 0 aliphatic heterocycles. The maximum atomic E-state index is 5.61. The van der Waals surface area contributed by atoms with Crippen LogP contribution in [0.25, 0.3) is 0 Å². The largest absolute Gasteiger partial charge is 0.489 e. The van der Waals surface area contributed by atoms with Gasteiger partial charge in [-0.2, -0.15) is 0 Å². The topological polar surface area (TPSA) is 18.5 Å². The van der Waals surface area contributed by atoms with Gasteiger partial charge in [-0.05, 0) is 38.1 Å². The van der Waals surface area contributed by atoms with Crippen molar-refractivity contribution in [3.05, 3.63) is 72.9 Å². The maximum Gasteiger partial charge on any atom is 0.123 e. The Hall–Kier alpha value is -2.22. The molecule has 0 unspecified atom stereocenters. The first-order chi connectivity index (χ1) is 9.86. The summed E-state index contributed by atoms with van der Waals surface area (Å²) >= 11 is 0. The zero-order chi connectivity index (χ0) is 14.5. The van der Waals surface area contributed by atoms with Crippen molar-refractivity contribution in [2.24, 2.45) is 0 Å². The predicted molar refractivity (Wildman–Crippen MR) is 85.3 cm³/mol. The minimum absolute atomic E-state index is 0.551. The van der Waals surface area contributed by atoms with Crippen molar-refractivity contribution in [2.45, 2.75) is 13.8 Å². The molecule has 0 amide bonds. The Kier molecular flexibility index (Phi) is 8.46. The summed E-state index contributed by atoms with van der Waals surface area (Å²) in [6, 6.07) is 7.67. The second kappa shape index (κ2) is 10.7. The molecule has 0 fully saturated rings. The van der Waals surface area contributed by atoms with Gasteiger partial charge in [0.25, 0.3) is 0 Å². The summed E-state index contributed by atoms with van der Waals surface area (Å²) in [7, 11) is 0. The molecule has 20 heavy (non-hydrogen) atoms. The lowest BCUT2D eigenvalue weighted by molar-refractivity contribution is 0.344. The Bertz CT molecular complexity index is 441. The zero-order valence-corrected chi connectivity index (χ0v) is 12.2. The third-order valence-electron chi connectivity index (χ3n) is 2.38. The number of hydrogen-bond donors (Lipinski definition) is 0. The van der Waals surface area contributed by atoms with E-state index in [9.17, 15) is 0 Å². The number of benzene rings is 1. The van der Waals surface area contributed by atoms with Crippen molar-refractivity contribution < 1.29 is 9.47 Å². The van der Waals surface area contributed by atoms with E-state index in [1.807, 2.05) is 86.7 Å². The van der Waals surface area contributed by atoms with E-state index >= 15 is 0 Å². The molecule has 0 aliphatic carbocycles. The van der Waals surface area contributed by atoms with Gasteiger partial charge in [0.15, 0.2) is 0 Å². The number of ether oxygens (including phenoxy) is 2. The summed E-state index contributed by atoms with van der Waals surface area (Å²) in [5, 5.41) is 0. The van der Waals surface area contributed by atoms with Gasteiger partial charge in [0.05, 0.1) is 0 Å². The number of allylic oxidation sites excluding steroid dienone is 6. The predicted octanol–water partition coefficient (Wildman–Crippen LogP) is 4.71. The van der Waals surface area contributed by atoms with Crippen molar-refractivity contribution in [2.75, 3.05) is 13.2 Å². The molecular formula is C18H22O2. The first kappa shape index (κ1) is 15.8. The second-order valence-corrected chi connectivity index (χ2v) is 4.00. The van der Waals surface area contributed by atoms with Crippen LogP contribution in [0, 0.1) is 0 Å². The molecule has 2 nitrogen and oxygen atoms in total. The minimum atomic E-state index is 0.551. The SMILES string of the molecule is CC=CC=CCOc1cccc(OCC=CC=CC)c1. The van der Waals surface area contributed by atoms with Crippen LogP contribution in [0.2, 0.25) is 0 Å². The van der Waals surface area contributed by atoms with Crippen LogP contribution in [0.1, 0.15) is 13.8 Å². The molecule has 0 heterocycles. The van der Waals surface area contributed by atoms with Gasteiger partial charge in [-0.15, -0.1) is 0 Å². The summed E-state index contributed by atoms with van der Waals surface area (Å²) in [6.45, 7) is 5.07. The standard InChI is InChI=1S/C18H22O2/c1-3-5-7-9-14-19-17-12-11-13-18(16-17)20-15-10-8-6-4-2/h3-13,16H,14-15H2,1-2H3. The highest BCUT2D eigenvalue weighted by atomic mass is 16.5. The quantitative estimate of drug-likeness (QED) is 0.637. The summed E-state index contributed by atoms with van der Waals surface area (Å²) in [4.78, 5) is 0. The molecule has 0 aliphatic rings. The van der Waals surface area contributed by atoms with Crippen LogP contribution in [-0.4, -0.2) is 13.2 Å². The number of rotatable bonds is 8. The van der Waals surface area contributed by atoms with E-state index < -0.39 is 0 Å². The molecule has 0 aromatic heterocycles. The van der Waals surface area contributed by atoms with Crippen LogP contribution in [-0.2, 0) is 0 Å². The van der Waals surface area contributed by atoms with Gasteiger partial charge in [0, 0.05) is 6.07 Å². The summed E-state index contributed by atoms with van der Waals surface area (Å²) < 4.78 is 11.2. The van der Waals surface area contributed by atoms with Crippen molar-refractivity contribution >= 4 is 0 Å². The average molecular weight is 270 g/mol. The van der Waals surface area contributed by atoms with Gasteiger partial charge in [-0.3, -0.25) is 0 Å². The van der Waals surface area contributed by atoms with Crippen LogP contribution in [0.3, 0.4) is 0 Å². The summed E-state index contributed by atoms with van der Waals surface area (Å²) in [6.07, 6.45) is 15.8. The first-order valence-electron chi connectivity index (χ1n) is 6.78. The van der Waals surface area contributed by atoms with E-state index in [1.165, 1.54) is 0 Å². The van der Waals surface area contributed by atoms with Crippen LogP contribution in [0.4, 0.5) is 0 Å². The molecule has 0 bridgehead atoms. The first-order valence-corrected chi connectivity index (χ1v) is 6.78.